The average Bonchev–Trinajstić information content (AvgIpc) is 2.37. The molecule has 1 atom stereocenters. The van der Waals surface area contributed by atoms with Gasteiger partial charge < -0.3 is 16.2 Å². The van der Waals surface area contributed by atoms with Crippen LogP contribution in [0.1, 0.15) is 48.7 Å². The molecule has 20 heavy (non-hydrogen) atoms. The molecule has 1 unspecified atom stereocenters. The molecule has 0 radical (unpaired) electrons. The summed E-state index contributed by atoms with van der Waals surface area (Å²) in [5.74, 6) is -0.681. The Labute approximate surface area is 119 Å². The maximum atomic E-state index is 11.7. The van der Waals surface area contributed by atoms with E-state index in [1.165, 1.54) is 0 Å². The number of carboxylic acids is 1. The number of carbonyl (C=O) groups is 2. The highest BCUT2D eigenvalue weighted by Crippen LogP contribution is 2.19. The van der Waals surface area contributed by atoms with Gasteiger partial charge in [-0.1, -0.05) is 26.0 Å². The zero-order valence-corrected chi connectivity index (χ0v) is 11.9. The van der Waals surface area contributed by atoms with E-state index < -0.39 is 5.97 Å². The van der Waals surface area contributed by atoms with Crippen LogP contribution in [0.25, 0.3) is 0 Å². The summed E-state index contributed by atoms with van der Waals surface area (Å²) in [5.41, 5.74) is 7.58. The first-order chi connectivity index (χ1) is 9.40. The Kier molecular flexibility index (Phi) is 6.18. The molecule has 110 valence electrons. The molecule has 1 aromatic rings. The first-order valence-electron chi connectivity index (χ1n) is 6.75. The van der Waals surface area contributed by atoms with Crippen LogP contribution in [-0.4, -0.2) is 23.5 Å². The van der Waals surface area contributed by atoms with Gasteiger partial charge >= 0.3 is 5.97 Å². The van der Waals surface area contributed by atoms with Crippen LogP contribution in [0.2, 0.25) is 0 Å². The molecule has 4 N–H and O–H groups in total. The lowest BCUT2D eigenvalue weighted by Gasteiger charge is -2.14. The number of nitrogens with two attached hydrogens (primary N) is 1. The SMILES string of the molecule is CC(C)CC(N)c1ccc(C(=O)NCCC(=O)O)cc1. The molecule has 1 aromatic carbocycles. The Balaban J connectivity index is 2.57. The first kappa shape index (κ1) is 16.2. The van der Waals surface area contributed by atoms with Crippen LogP contribution in [0.5, 0.6) is 0 Å². The monoisotopic (exact) mass is 278 g/mol. The standard InChI is InChI=1S/C15H22N2O3/c1-10(2)9-13(16)11-3-5-12(6-4-11)15(20)17-8-7-14(18)19/h3-6,10,13H,7-9,16H2,1-2H3,(H,17,20)(H,18,19). The summed E-state index contributed by atoms with van der Waals surface area (Å²) in [4.78, 5) is 22.1. The van der Waals surface area contributed by atoms with E-state index in [0.717, 1.165) is 12.0 Å². The lowest BCUT2D eigenvalue weighted by Crippen LogP contribution is -2.26. The second-order valence-electron chi connectivity index (χ2n) is 5.26. The van der Waals surface area contributed by atoms with Crippen LogP contribution in [0, 0.1) is 5.92 Å². The molecule has 0 aliphatic rings. The summed E-state index contributed by atoms with van der Waals surface area (Å²) in [6.45, 7) is 4.36. The highest BCUT2D eigenvalue weighted by Gasteiger charge is 2.10. The lowest BCUT2D eigenvalue weighted by molar-refractivity contribution is -0.136. The molecule has 0 spiro atoms. The summed E-state index contributed by atoms with van der Waals surface area (Å²) in [6, 6.07) is 7.09. The maximum absolute atomic E-state index is 11.7. The number of nitrogens with one attached hydrogen (secondary N) is 1. The van der Waals surface area contributed by atoms with Crippen LogP contribution < -0.4 is 11.1 Å². The molecule has 1 amide bonds. The fourth-order valence-corrected chi connectivity index (χ4v) is 1.91. The molecule has 0 saturated carbocycles. The minimum Gasteiger partial charge on any atom is -0.481 e. The van der Waals surface area contributed by atoms with Crippen LogP contribution in [0.3, 0.4) is 0 Å². The third-order valence-electron chi connectivity index (χ3n) is 2.95. The largest absolute Gasteiger partial charge is 0.481 e. The highest BCUT2D eigenvalue weighted by molar-refractivity contribution is 5.94. The van der Waals surface area contributed by atoms with Crippen LogP contribution >= 0.6 is 0 Å². The first-order valence-corrected chi connectivity index (χ1v) is 6.75. The summed E-state index contributed by atoms with van der Waals surface area (Å²) < 4.78 is 0. The Hall–Kier alpha value is -1.88. The van der Waals surface area contributed by atoms with Gasteiger partial charge in [-0.05, 0) is 30.0 Å². The van der Waals surface area contributed by atoms with Crippen molar-refractivity contribution < 1.29 is 14.7 Å². The van der Waals surface area contributed by atoms with E-state index in [4.69, 9.17) is 10.8 Å². The Bertz CT molecular complexity index is 455. The Morgan fingerprint density at radius 2 is 1.85 bits per heavy atom. The number of carbonyl (C=O) groups excluding carboxylic acids is 1. The molecule has 0 heterocycles. The van der Waals surface area contributed by atoms with Gasteiger partial charge in [-0.25, -0.2) is 0 Å². The predicted molar refractivity (Wildman–Crippen MR) is 77.4 cm³/mol. The van der Waals surface area contributed by atoms with Crippen molar-refractivity contribution in [3.05, 3.63) is 35.4 Å². The summed E-state index contributed by atoms with van der Waals surface area (Å²) >= 11 is 0. The Morgan fingerprint density at radius 1 is 1.25 bits per heavy atom. The second-order valence-corrected chi connectivity index (χ2v) is 5.26. The number of benzene rings is 1. The second kappa shape index (κ2) is 7.65. The summed E-state index contributed by atoms with van der Waals surface area (Å²) in [5, 5.41) is 11.1. The van der Waals surface area contributed by atoms with Gasteiger partial charge in [0.25, 0.3) is 5.91 Å². The van der Waals surface area contributed by atoms with E-state index >= 15 is 0 Å². The number of amides is 1. The maximum Gasteiger partial charge on any atom is 0.305 e. The van der Waals surface area contributed by atoms with Gasteiger partial charge in [0.1, 0.15) is 0 Å². The van der Waals surface area contributed by atoms with E-state index in [2.05, 4.69) is 19.2 Å². The average molecular weight is 278 g/mol. The van der Waals surface area contributed by atoms with Crippen molar-refractivity contribution in [1.29, 1.82) is 0 Å². The minimum absolute atomic E-state index is 0.0286. The topological polar surface area (TPSA) is 92.4 Å². The van der Waals surface area contributed by atoms with Gasteiger partial charge in [0.05, 0.1) is 6.42 Å². The van der Waals surface area contributed by atoms with Crippen molar-refractivity contribution in [2.45, 2.75) is 32.7 Å². The van der Waals surface area contributed by atoms with E-state index in [9.17, 15) is 9.59 Å². The van der Waals surface area contributed by atoms with Crippen molar-refractivity contribution in [3.63, 3.8) is 0 Å². The van der Waals surface area contributed by atoms with Gasteiger partial charge in [0.15, 0.2) is 0 Å². The van der Waals surface area contributed by atoms with Crippen LogP contribution in [0.15, 0.2) is 24.3 Å². The molecule has 0 aromatic heterocycles. The van der Waals surface area contributed by atoms with Crippen LogP contribution in [-0.2, 0) is 4.79 Å². The van der Waals surface area contributed by atoms with Crippen molar-refractivity contribution in [2.24, 2.45) is 11.7 Å². The molecule has 0 aliphatic carbocycles. The highest BCUT2D eigenvalue weighted by atomic mass is 16.4. The molecular weight excluding hydrogens is 256 g/mol. The molecule has 5 heteroatoms. The molecular formula is C15H22N2O3. The zero-order chi connectivity index (χ0) is 15.1. The van der Waals surface area contributed by atoms with Gasteiger partial charge in [-0.3, -0.25) is 9.59 Å². The predicted octanol–water partition coefficient (Wildman–Crippen LogP) is 1.94. The summed E-state index contributed by atoms with van der Waals surface area (Å²) in [6.07, 6.45) is 0.813. The number of hydrogen-bond donors (Lipinski definition) is 3. The lowest BCUT2D eigenvalue weighted by atomic mass is 9.97. The fourth-order valence-electron chi connectivity index (χ4n) is 1.91. The molecule has 0 aliphatic heterocycles. The van der Waals surface area contributed by atoms with Crippen LogP contribution in [0.4, 0.5) is 0 Å². The molecule has 5 nitrogen and oxygen atoms in total. The third kappa shape index (κ3) is 5.40. The quantitative estimate of drug-likeness (QED) is 0.710. The van der Waals surface area contributed by atoms with Crippen molar-refractivity contribution in [2.75, 3.05) is 6.54 Å². The summed E-state index contributed by atoms with van der Waals surface area (Å²) in [7, 11) is 0. The van der Waals surface area contributed by atoms with E-state index in [-0.39, 0.29) is 24.9 Å². The van der Waals surface area contributed by atoms with Crippen molar-refractivity contribution >= 4 is 11.9 Å². The zero-order valence-electron chi connectivity index (χ0n) is 11.9. The number of rotatable bonds is 7. The molecule has 0 saturated heterocycles. The molecule has 0 fully saturated rings. The number of hydrogen-bond acceptors (Lipinski definition) is 3. The Morgan fingerprint density at radius 3 is 2.35 bits per heavy atom. The van der Waals surface area contributed by atoms with Gasteiger partial charge in [0.2, 0.25) is 0 Å². The van der Waals surface area contributed by atoms with Gasteiger partial charge in [-0.15, -0.1) is 0 Å². The van der Waals surface area contributed by atoms with Crippen molar-refractivity contribution in [1.82, 2.24) is 5.32 Å². The number of carboxylic acid groups (broad SMARTS) is 1. The van der Waals surface area contributed by atoms with E-state index in [1.54, 1.807) is 12.1 Å². The third-order valence-corrected chi connectivity index (χ3v) is 2.95. The van der Waals surface area contributed by atoms with Gasteiger partial charge in [0, 0.05) is 18.2 Å². The molecule has 0 bridgehead atoms. The molecule has 1 rings (SSSR count). The number of aliphatic carboxylic acids is 1. The normalized spacial score (nSPS) is 12.2. The van der Waals surface area contributed by atoms with Gasteiger partial charge in [-0.2, -0.15) is 0 Å². The minimum atomic E-state index is -0.930. The smallest absolute Gasteiger partial charge is 0.305 e. The van der Waals surface area contributed by atoms with E-state index in [1.807, 2.05) is 12.1 Å². The van der Waals surface area contributed by atoms with Crippen molar-refractivity contribution in [3.8, 4) is 0 Å². The fraction of sp³-hybridized carbons (Fsp3) is 0.467. The van der Waals surface area contributed by atoms with E-state index in [0.29, 0.717) is 11.5 Å².